The number of nitrogens with zero attached hydrogens (tertiary/aromatic N) is 3. The molecule has 1 amide bonds. The van der Waals surface area contributed by atoms with Crippen LogP contribution in [0, 0.1) is 0 Å². The number of halogens is 3. The lowest BCUT2D eigenvalue weighted by molar-refractivity contribution is -0.159. The summed E-state index contributed by atoms with van der Waals surface area (Å²) in [6.07, 6.45) is -5.19. The minimum atomic E-state index is -4.68. The lowest BCUT2D eigenvalue weighted by atomic mass is 9.97. The Morgan fingerprint density at radius 1 is 1.32 bits per heavy atom. The van der Waals surface area contributed by atoms with Gasteiger partial charge in [-0.25, -0.2) is 4.79 Å². The van der Waals surface area contributed by atoms with Crippen molar-refractivity contribution < 1.29 is 27.6 Å². The Morgan fingerprint density at radius 3 is 2.73 bits per heavy atom. The van der Waals surface area contributed by atoms with Crippen molar-refractivity contribution in [2.24, 2.45) is 0 Å². The number of alkyl halides is 3. The zero-order chi connectivity index (χ0) is 15.9. The SMILES string of the molecule is O=C(O)N1CCc2cc(-c3noc(C(F)(F)F)n3)ccc2C1. The van der Waals surface area contributed by atoms with Crippen LogP contribution in [0.2, 0.25) is 0 Å². The molecule has 116 valence electrons. The zero-order valence-corrected chi connectivity index (χ0v) is 11.1. The third-order valence-electron chi connectivity index (χ3n) is 3.42. The highest BCUT2D eigenvalue weighted by Crippen LogP contribution is 2.30. The van der Waals surface area contributed by atoms with Crippen LogP contribution in [-0.2, 0) is 19.1 Å². The number of hydrogen-bond donors (Lipinski definition) is 1. The Labute approximate surface area is 122 Å². The molecule has 2 aromatic rings. The molecule has 0 spiro atoms. The monoisotopic (exact) mass is 313 g/mol. The van der Waals surface area contributed by atoms with Crippen LogP contribution >= 0.6 is 0 Å². The summed E-state index contributed by atoms with van der Waals surface area (Å²) in [4.78, 5) is 15.5. The second kappa shape index (κ2) is 5.00. The van der Waals surface area contributed by atoms with E-state index in [-0.39, 0.29) is 12.4 Å². The summed E-state index contributed by atoms with van der Waals surface area (Å²) >= 11 is 0. The van der Waals surface area contributed by atoms with Crippen LogP contribution in [0.5, 0.6) is 0 Å². The predicted molar refractivity (Wildman–Crippen MR) is 66.9 cm³/mol. The first-order valence-corrected chi connectivity index (χ1v) is 6.35. The van der Waals surface area contributed by atoms with Crippen molar-refractivity contribution in [1.29, 1.82) is 0 Å². The molecule has 0 saturated heterocycles. The molecule has 0 atom stereocenters. The minimum absolute atomic E-state index is 0.143. The van der Waals surface area contributed by atoms with E-state index in [1.54, 1.807) is 18.2 Å². The van der Waals surface area contributed by atoms with Crippen LogP contribution < -0.4 is 0 Å². The smallest absolute Gasteiger partial charge is 0.465 e. The van der Waals surface area contributed by atoms with E-state index in [2.05, 4.69) is 14.7 Å². The molecule has 0 unspecified atom stereocenters. The molecule has 2 heterocycles. The van der Waals surface area contributed by atoms with Crippen molar-refractivity contribution in [3.05, 3.63) is 35.2 Å². The Bertz CT molecular complexity index is 727. The third kappa shape index (κ3) is 2.61. The molecule has 0 saturated carbocycles. The lowest BCUT2D eigenvalue weighted by Crippen LogP contribution is -2.34. The Hall–Kier alpha value is -2.58. The van der Waals surface area contributed by atoms with Crippen molar-refractivity contribution in [3.8, 4) is 11.4 Å². The van der Waals surface area contributed by atoms with Crippen LogP contribution in [0.1, 0.15) is 17.0 Å². The van der Waals surface area contributed by atoms with E-state index in [0.717, 1.165) is 11.1 Å². The fraction of sp³-hybridized carbons (Fsp3) is 0.308. The highest BCUT2D eigenvalue weighted by atomic mass is 19.4. The highest BCUT2D eigenvalue weighted by Gasteiger charge is 2.38. The van der Waals surface area contributed by atoms with E-state index in [0.29, 0.717) is 18.5 Å². The van der Waals surface area contributed by atoms with Crippen LogP contribution in [-0.4, -0.2) is 32.8 Å². The van der Waals surface area contributed by atoms with Gasteiger partial charge >= 0.3 is 18.2 Å². The van der Waals surface area contributed by atoms with Gasteiger partial charge in [0, 0.05) is 18.7 Å². The second-order valence-electron chi connectivity index (χ2n) is 4.86. The van der Waals surface area contributed by atoms with E-state index in [4.69, 9.17) is 5.11 Å². The molecular weight excluding hydrogens is 303 g/mol. The fourth-order valence-corrected chi connectivity index (χ4v) is 2.31. The minimum Gasteiger partial charge on any atom is -0.465 e. The van der Waals surface area contributed by atoms with Gasteiger partial charge in [-0.15, -0.1) is 0 Å². The molecule has 22 heavy (non-hydrogen) atoms. The molecule has 3 rings (SSSR count). The Morgan fingerprint density at radius 2 is 2.09 bits per heavy atom. The van der Waals surface area contributed by atoms with Gasteiger partial charge in [0.15, 0.2) is 0 Å². The van der Waals surface area contributed by atoms with E-state index < -0.39 is 18.2 Å². The van der Waals surface area contributed by atoms with Gasteiger partial charge < -0.3 is 14.5 Å². The number of benzene rings is 1. The Balaban J connectivity index is 1.89. The number of carbonyl (C=O) groups is 1. The van der Waals surface area contributed by atoms with Gasteiger partial charge in [0.25, 0.3) is 0 Å². The third-order valence-corrected chi connectivity index (χ3v) is 3.42. The molecule has 0 aliphatic carbocycles. The number of rotatable bonds is 1. The molecular formula is C13H10F3N3O3. The molecule has 1 aromatic carbocycles. The summed E-state index contributed by atoms with van der Waals surface area (Å²) in [5.74, 6) is -1.53. The first kappa shape index (κ1) is 14.4. The fourth-order valence-electron chi connectivity index (χ4n) is 2.31. The largest absolute Gasteiger partial charge is 0.471 e. The van der Waals surface area contributed by atoms with Crippen LogP contribution in [0.25, 0.3) is 11.4 Å². The van der Waals surface area contributed by atoms with Crippen LogP contribution in [0.3, 0.4) is 0 Å². The van der Waals surface area contributed by atoms with E-state index in [1.165, 1.54) is 4.90 Å². The Kier molecular flexibility index (Phi) is 3.27. The molecule has 1 aromatic heterocycles. The summed E-state index contributed by atoms with van der Waals surface area (Å²) in [5.41, 5.74) is 2.09. The summed E-state index contributed by atoms with van der Waals surface area (Å²) in [6, 6.07) is 4.89. The van der Waals surface area contributed by atoms with Crippen LogP contribution in [0.4, 0.5) is 18.0 Å². The quantitative estimate of drug-likeness (QED) is 0.875. The number of aromatic nitrogens is 2. The first-order chi connectivity index (χ1) is 10.3. The van der Waals surface area contributed by atoms with Gasteiger partial charge in [0.2, 0.25) is 5.82 Å². The number of carboxylic acid groups (broad SMARTS) is 1. The van der Waals surface area contributed by atoms with E-state index >= 15 is 0 Å². The lowest BCUT2D eigenvalue weighted by Gasteiger charge is -2.26. The molecule has 6 nitrogen and oxygen atoms in total. The summed E-state index contributed by atoms with van der Waals surface area (Å²) < 4.78 is 41.6. The van der Waals surface area contributed by atoms with Gasteiger partial charge in [-0.3, -0.25) is 0 Å². The number of hydrogen-bond acceptors (Lipinski definition) is 4. The topological polar surface area (TPSA) is 79.5 Å². The van der Waals surface area contributed by atoms with Gasteiger partial charge in [-0.1, -0.05) is 17.3 Å². The number of amides is 1. The maximum Gasteiger partial charge on any atom is 0.471 e. The molecule has 1 N–H and O–H groups in total. The van der Waals surface area contributed by atoms with Crippen molar-refractivity contribution in [3.63, 3.8) is 0 Å². The van der Waals surface area contributed by atoms with Gasteiger partial charge in [-0.05, 0) is 23.6 Å². The first-order valence-electron chi connectivity index (χ1n) is 6.35. The van der Waals surface area contributed by atoms with Gasteiger partial charge in [0.1, 0.15) is 0 Å². The van der Waals surface area contributed by atoms with E-state index in [9.17, 15) is 18.0 Å². The van der Waals surface area contributed by atoms with Crippen LogP contribution in [0.15, 0.2) is 22.7 Å². The highest BCUT2D eigenvalue weighted by molar-refractivity contribution is 5.66. The molecule has 1 aliphatic rings. The molecule has 1 aliphatic heterocycles. The van der Waals surface area contributed by atoms with Crippen molar-refractivity contribution in [1.82, 2.24) is 15.0 Å². The number of fused-ring (bicyclic) bond motifs is 1. The van der Waals surface area contributed by atoms with Crippen molar-refractivity contribution >= 4 is 6.09 Å². The average Bonchev–Trinajstić information content (AvgIpc) is 2.96. The molecule has 0 radical (unpaired) electrons. The average molecular weight is 313 g/mol. The van der Waals surface area contributed by atoms with E-state index in [1.807, 2.05) is 0 Å². The second-order valence-corrected chi connectivity index (χ2v) is 4.86. The van der Waals surface area contributed by atoms with Crippen molar-refractivity contribution in [2.75, 3.05) is 6.54 Å². The van der Waals surface area contributed by atoms with Gasteiger partial charge in [-0.2, -0.15) is 18.2 Å². The summed E-state index contributed by atoms with van der Waals surface area (Å²) in [5, 5.41) is 12.3. The predicted octanol–water partition coefficient (Wildman–Crippen LogP) is 2.79. The normalized spacial score (nSPS) is 14.8. The maximum absolute atomic E-state index is 12.5. The summed E-state index contributed by atoms with van der Waals surface area (Å²) in [7, 11) is 0. The molecule has 0 bridgehead atoms. The molecule has 0 fully saturated rings. The zero-order valence-electron chi connectivity index (χ0n) is 11.1. The summed E-state index contributed by atoms with van der Waals surface area (Å²) in [6.45, 7) is 0.594. The maximum atomic E-state index is 12.5. The molecule has 9 heteroatoms. The van der Waals surface area contributed by atoms with Crippen molar-refractivity contribution in [2.45, 2.75) is 19.1 Å². The van der Waals surface area contributed by atoms with Gasteiger partial charge in [0.05, 0.1) is 0 Å². The standard InChI is InChI=1S/C13H10F3N3O3/c14-13(15,16)11-17-10(18-22-11)8-1-2-9-6-19(12(20)21)4-3-7(9)5-8/h1-2,5H,3-4,6H2,(H,20,21).